The van der Waals surface area contributed by atoms with Gasteiger partial charge in [-0.25, -0.2) is 0 Å². The molecule has 0 atom stereocenters. The lowest BCUT2D eigenvalue weighted by molar-refractivity contribution is 0.0954. The summed E-state index contributed by atoms with van der Waals surface area (Å²) in [5, 5.41) is 9.26. The van der Waals surface area contributed by atoms with Crippen molar-refractivity contribution in [3.05, 3.63) is 58.5 Å². The normalized spacial score (nSPS) is 11.2. The Morgan fingerprint density at radius 2 is 1.88 bits per heavy atom. The molecule has 2 rings (SSSR count). The Balaban J connectivity index is 1.71. The summed E-state index contributed by atoms with van der Waals surface area (Å²) in [5.74, 6) is 1.56. The van der Waals surface area contributed by atoms with E-state index in [0.717, 1.165) is 29.2 Å². The van der Waals surface area contributed by atoms with Crippen LogP contribution in [0.5, 0.6) is 0 Å². The van der Waals surface area contributed by atoms with Gasteiger partial charge in [-0.15, -0.1) is 0 Å². The van der Waals surface area contributed by atoms with E-state index in [1.54, 1.807) is 18.4 Å². The fraction of sp³-hybridized carbons (Fsp3) is 0.333. The van der Waals surface area contributed by atoms with Gasteiger partial charge in [0.25, 0.3) is 5.91 Å². The molecule has 1 amide bonds. The smallest absolute Gasteiger partial charge is 0.251 e. The molecule has 25 heavy (non-hydrogen) atoms. The number of amides is 1. The molecule has 6 nitrogen and oxygen atoms in total. The first-order valence-corrected chi connectivity index (χ1v) is 9.06. The number of guanidine groups is 1. The van der Waals surface area contributed by atoms with Crippen molar-refractivity contribution in [3.8, 4) is 0 Å². The summed E-state index contributed by atoms with van der Waals surface area (Å²) in [6.07, 6.45) is 2.42. The molecule has 1 aromatic carbocycles. The molecule has 2 aromatic rings. The van der Waals surface area contributed by atoms with Gasteiger partial charge in [0.15, 0.2) is 5.96 Å². The van der Waals surface area contributed by atoms with Gasteiger partial charge < -0.3 is 20.4 Å². The van der Waals surface area contributed by atoms with Gasteiger partial charge in [-0.1, -0.05) is 15.9 Å². The number of halogens is 1. The third-order valence-electron chi connectivity index (χ3n) is 3.36. The first kappa shape index (κ1) is 19.1. The zero-order valence-corrected chi connectivity index (χ0v) is 15.8. The minimum atomic E-state index is -0.0888. The number of rotatable bonds is 8. The van der Waals surface area contributed by atoms with Gasteiger partial charge in [0.05, 0.1) is 6.26 Å². The van der Waals surface area contributed by atoms with Crippen molar-refractivity contribution in [2.75, 3.05) is 26.2 Å². The molecule has 0 aliphatic heterocycles. The highest BCUT2D eigenvalue weighted by Crippen LogP contribution is 2.10. The number of benzene rings is 1. The molecule has 0 spiro atoms. The van der Waals surface area contributed by atoms with E-state index in [1.165, 1.54) is 0 Å². The number of carbonyl (C=O) groups is 1. The molecule has 0 aliphatic rings. The van der Waals surface area contributed by atoms with Crippen molar-refractivity contribution in [1.29, 1.82) is 0 Å². The predicted molar refractivity (Wildman–Crippen MR) is 103 cm³/mol. The second kappa shape index (κ2) is 10.6. The zero-order chi connectivity index (χ0) is 17.9. The van der Waals surface area contributed by atoms with Gasteiger partial charge in [-0.3, -0.25) is 9.79 Å². The van der Waals surface area contributed by atoms with Crippen molar-refractivity contribution in [1.82, 2.24) is 16.0 Å². The van der Waals surface area contributed by atoms with Crippen LogP contribution in [0.15, 0.2) is 56.5 Å². The quantitative estimate of drug-likeness (QED) is 0.357. The predicted octanol–water partition coefficient (Wildman–Crippen LogP) is 2.57. The summed E-state index contributed by atoms with van der Waals surface area (Å²) in [6.45, 7) is 4.53. The highest BCUT2D eigenvalue weighted by Gasteiger charge is 2.04. The third-order valence-corrected chi connectivity index (χ3v) is 3.89. The summed E-state index contributed by atoms with van der Waals surface area (Å²) in [7, 11) is 0. The Kier molecular flexibility index (Phi) is 8.04. The first-order valence-electron chi connectivity index (χ1n) is 8.27. The van der Waals surface area contributed by atoms with Crippen LogP contribution in [-0.4, -0.2) is 38.0 Å². The Hall–Kier alpha value is -2.28. The van der Waals surface area contributed by atoms with Crippen LogP contribution >= 0.6 is 15.9 Å². The van der Waals surface area contributed by atoms with Crippen LogP contribution in [0.3, 0.4) is 0 Å². The molecular formula is C18H23BrN4O2. The van der Waals surface area contributed by atoms with Crippen molar-refractivity contribution >= 4 is 27.8 Å². The van der Waals surface area contributed by atoms with Gasteiger partial charge in [0.1, 0.15) is 5.76 Å². The summed E-state index contributed by atoms with van der Waals surface area (Å²) < 4.78 is 6.24. The van der Waals surface area contributed by atoms with Crippen LogP contribution in [0.1, 0.15) is 23.0 Å². The van der Waals surface area contributed by atoms with Crippen LogP contribution in [0, 0.1) is 0 Å². The molecule has 7 heteroatoms. The zero-order valence-electron chi connectivity index (χ0n) is 14.2. The van der Waals surface area contributed by atoms with Crippen LogP contribution in [-0.2, 0) is 6.42 Å². The van der Waals surface area contributed by atoms with E-state index in [-0.39, 0.29) is 5.91 Å². The minimum Gasteiger partial charge on any atom is -0.469 e. The number of hydrogen-bond acceptors (Lipinski definition) is 3. The van der Waals surface area contributed by atoms with Gasteiger partial charge in [0.2, 0.25) is 0 Å². The molecule has 0 unspecified atom stereocenters. The molecule has 0 bridgehead atoms. The molecule has 134 valence electrons. The Morgan fingerprint density at radius 3 is 2.56 bits per heavy atom. The van der Waals surface area contributed by atoms with Crippen LogP contribution < -0.4 is 16.0 Å². The summed E-state index contributed by atoms with van der Waals surface area (Å²) in [4.78, 5) is 16.5. The lowest BCUT2D eigenvalue weighted by atomic mass is 10.2. The van der Waals surface area contributed by atoms with E-state index < -0.39 is 0 Å². The number of furan rings is 1. The van der Waals surface area contributed by atoms with E-state index >= 15 is 0 Å². The van der Waals surface area contributed by atoms with E-state index in [0.29, 0.717) is 25.2 Å². The standard InChI is InChI=1S/C18H23BrN4O2/c1-2-20-18(22-10-9-16-4-3-13-25-16)23-12-11-21-17(24)14-5-7-15(19)8-6-14/h3-8,13H,2,9-12H2,1H3,(H,21,24)(H2,20,22,23). The first-order chi connectivity index (χ1) is 12.2. The second-order valence-electron chi connectivity index (χ2n) is 5.28. The molecule has 0 saturated heterocycles. The molecule has 1 heterocycles. The van der Waals surface area contributed by atoms with Gasteiger partial charge >= 0.3 is 0 Å². The Morgan fingerprint density at radius 1 is 1.12 bits per heavy atom. The third kappa shape index (κ3) is 7.01. The largest absolute Gasteiger partial charge is 0.469 e. The molecule has 0 radical (unpaired) electrons. The highest BCUT2D eigenvalue weighted by molar-refractivity contribution is 9.10. The Labute approximate surface area is 156 Å². The molecular weight excluding hydrogens is 384 g/mol. The van der Waals surface area contributed by atoms with Crippen molar-refractivity contribution in [2.24, 2.45) is 4.99 Å². The molecule has 3 N–H and O–H groups in total. The topological polar surface area (TPSA) is 78.7 Å². The number of nitrogens with zero attached hydrogens (tertiary/aromatic N) is 1. The number of nitrogens with one attached hydrogen (secondary N) is 3. The fourth-order valence-electron chi connectivity index (χ4n) is 2.13. The minimum absolute atomic E-state index is 0.0888. The SMILES string of the molecule is CCNC(=NCCc1ccco1)NCCNC(=O)c1ccc(Br)cc1. The monoisotopic (exact) mass is 406 g/mol. The average Bonchev–Trinajstić information content (AvgIpc) is 3.12. The van der Waals surface area contributed by atoms with Crippen LogP contribution in [0.2, 0.25) is 0 Å². The number of hydrogen-bond donors (Lipinski definition) is 3. The lowest BCUT2D eigenvalue weighted by Crippen LogP contribution is -2.41. The number of aliphatic imine (C=N–C) groups is 1. The van der Waals surface area contributed by atoms with Gasteiger partial charge in [0, 0.05) is 42.6 Å². The van der Waals surface area contributed by atoms with E-state index in [9.17, 15) is 4.79 Å². The maximum atomic E-state index is 12.0. The van der Waals surface area contributed by atoms with Gasteiger partial charge in [-0.2, -0.15) is 0 Å². The van der Waals surface area contributed by atoms with Crippen molar-refractivity contribution < 1.29 is 9.21 Å². The van der Waals surface area contributed by atoms with E-state index in [1.807, 2.05) is 31.2 Å². The molecule has 0 fully saturated rings. The van der Waals surface area contributed by atoms with Crippen molar-refractivity contribution in [2.45, 2.75) is 13.3 Å². The summed E-state index contributed by atoms with van der Waals surface area (Å²) in [5.41, 5.74) is 0.641. The molecule has 1 aromatic heterocycles. The molecule has 0 aliphatic carbocycles. The average molecular weight is 407 g/mol. The number of carbonyl (C=O) groups excluding carboxylic acids is 1. The van der Waals surface area contributed by atoms with E-state index in [4.69, 9.17) is 4.42 Å². The second-order valence-corrected chi connectivity index (χ2v) is 6.20. The fourth-order valence-corrected chi connectivity index (χ4v) is 2.40. The van der Waals surface area contributed by atoms with Crippen molar-refractivity contribution in [3.63, 3.8) is 0 Å². The van der Waals surface area contributed by atoms with Crippen LogP contribution in [0.4, 0.5) is 0 Å². The van der Waals surface area contributed by atoms with Crippen LogP contribution in [0.25, 0.3) is 0 Å². The van der Waals surface area contributed by atoms with E-state index in [2.05, 4.69) is 36.9 Å². The summed E-state index contributed by atoms with van der Waals surface area (Å²) >= 11 is 3.35. The Bertz CT molecular complexity index is 669. The lowest BCUT2D eigenvalue weighted by Gasteiger charge is -2.11. The maximum Gasteiger partial charge on any atom is 0.251 e. The maximum absolute atomic E-state index is 12.0. The highest BCUT2D eigenvalue weighted by atomic mass is 79.9. The summed E-state index contributed by atoms with van der Waals surface area (Å²) in [6, 6.07) is 11.1. The van der Waals surface area contributed by atoms with Gasteiger partial charge in [-0.05, 0) is 43.3 Å². The molecule has 0 saturated carbocycles.